The molecule has 22 heavy (non-hydrogen) atoms. The summed E-state index contributed by atoms with van der Waals surface area (Å²) in [7, 11) is 0. The Morgan fingerprint density at radius 1 is 1.23 bits per heavy atom. The number of hydrogen-bond donors (Lipinski definition) is 1. The van der Waals surface area contributed by atoms with Gasteiger partial charge in [-0.1, -0.05) is 44.4 Å². The quantitative estimate of drug-likeness (QED) is 0.722. The largest absolute Gasteiger partial charge is 0.490 e. The fourth-order valence-electron chi connectivity index (χ4n) is 3.27. The highest BCUT2D eigenvalue weighted by Gasteiger charge is 2.27. The van der Waals surface area contributed by atoms with E-state index in [-0.39, 0.29) is 5.91 Å². The van der Waals surface area contributed by atoms with Crippen molar-refractivity contribution in [3.05, 3.63) is 29.8 Å². The van der Waals surface area contributed by atoms with Crippen LogP contribution in [-0.4, -0.2) is 18.6 Å². The second-order valence-corrected chi connectivity index (χ2v) is 6.33. The van der Waals surface area contributed by atoms with E-state index in [9.17, 15) is 4.79 Å². The van der Waals surface area contributed by atoms with Crippen molar-refractivity contribution in [1.82, 2.24) is 5.32 Å². The van der Waals surface area contributed by atoms with Crippen LogP contribution in [-0.2, 0) is 4.79 Å². The molecule has 2 unspecified atom stereocenters. The molecule has 0 saturated carbocycles. The molecule has 1 N–H and O–H groups in total. The van der Waals surface area contributed by atoms with Gasteiger partial charge >= 0.3 is 0 Å². The monoisotopic (exact) mass is 303 g/mol. The lowest BCUT2D eigenvalue weighted by atomic mass is 9.86. The second kappa shape index (κ2) is 8.82. The number of hydrogen-bond acceptors (Lipinski definition) is 2. The van der Waals surface area contributed by atoms with Crippen LogP contribution in [0.5, 0.6) is 5.75 Å². The first-order chi connectivity index (χ1) is 10.7. The molecule has 3 heteroatoms. The Bertz CT molecular complexity index is 472. The highest BCUT2D eigenvalue weighted by atomic mass is 16.5. The van der Waals surface area contributed by atoms with Gasteiger partial charge in [0.25, 0.3) is 0 Å². The van der Waals surface area contributed by atoms with Gasteiger partial charge in [-0.3, -0.25) is 4.79 Å². The summed E-state index contributed by atoms with van der Waals surface area (Å²) in [6.07, 6.45) is 8.67. The van der Waals surface area contributed by atoms with E-state index in [2.05, 4.69) is 30.4 Å². The van der Waals surface area contributed by atoms with Crippen LogP contribution >= 0.6 is 0 Å². The predicted octanol–water partition coefficient (Wildman–Crippen LogP) is 4.42. The molecule has 1 heterocycles. The molecule has 1 aromatic carbocycles. The van der Waals surface area contributed by atoms with Crippen molar-refractivity contribution < 1.29 is 9.53 Å². The van der Waals surface area contributed by atoms with Crippen molar-refractivity contribution in [2.24, 2.45) is 0 Å². The lowest BCUT2D eigenvalue weighted by molar-refractivity contribution is -0.118. The van der Waals surface area contributed by atoms with Gasteiger partial charge in [-0.05, 0) is 43.2 Å². The number of carbonyl (C=O) groups excluding carboxylic acids is 1. The van der Waals surface area contributed by atoms with Gasteiger partial charge in [-0.2, -0.15) is 0 Å². The number of amides is 1. The number of nitrogens with one attached hydrogen (secondary N) is 1. The lowest BCUT2D eigenvalue weighted by Crippen LogP contribution is -2.29. The third-order valence-corrected chi connectivity index (χ3v) is 4.45. The highest BCUT2D eigenvalue weighted by molar-refractivity contribution is 5.72. The fraction of sp³-hybridized carbons (Fsp3) is 0.632. The maximum absolute atomic E-state index is 11.1. The molecule has 0 radical (unpaired) electrons. The molecule has 1 amide bonds. The maximum atomic E-state index is 11.1. The van der Waals surface area contributed by atoms with E-state index >= 15 is 0 Å². The Hall–Kier alpha value is -1.51. The van der Waals surface area contributed by atoms with E-state index in [1.165, 1.54) is 31.2 Å². The molecule has 0 spiro atoms. The molecule has 1 aliphatic rings. The molecule has 0 bridgehead atoms. The van der Waals surface area contributed by atoms with Crippen molar-refractivity contribution in [2.75, 3.05) is 6.54 Å². The summed E-state index contributed by atoms with van der Waals surface area (Å²) in [5.41, 5.74) is 1.30. The number of benzene rings is 1. The van der Waals surface area contributed by atoms with E-state index in [0.717, 1.165) is 31.6 Å². The average Bonchev–Trinajstić information content (AvgIpc) is 2.51. The van der Waals surface area contributed by atoms with Crippen molar-refractivity contribution >= 4 is 5.91 Å². The van der Waals surface area contributed by atoms with Gasteiger partial charge in [-0.15, -0.1) is 0 Å². The summed E-state index contributed by atoms with van der Waals surface area (Å²) < 4.78 is 6.18. The topological polar surface area (TPSA) is 38.3 Å². The smallest absolute Gasteiger partial charge is 0.216 e. The van der Waals surface area contributed by atoms with E-state index in [1.54, 1.807) is 6.92 Å². The zero-order valence-electron chi connectivity index (χ0n) is 13.9. The minimum atomic E-state index is 0.0523. The summed E-state index contributed by atoms with van der Waals surface area (Å²) in [5.74, 6) is 1.59. The number of para-hydroxylation sites is 1. The number of ether oxygens (including phenoxy) is 1. The van der Waals surface area contributed by atoms with Gasteiger partial charge in [0.1, 0.15) is 5.75 Å². The van der Waals surface area contributed by atoms with Gasteiger partial charge < -0.3 is 10.1 Å². The van der Waals surface area contributed by atoms with Gasteiger partial charge in [0.2, 0.25) is 5.91 Å². The Labute approximate surface area is 134 Å². The summed E-state index contributed by atoms with van der Waals surface area (Å²) in [5, 5.41) is 2.92. The van der Waals surface area contributed by atoms with Crippen molar-refractivity contribution in [2.45, 2.75) is 70.8 Å². The molecule has 0 fully saturated rings. The zero-order valence-corrected chi connectivity index (χ0v) is 13.9. The van der Waals surface area contributed by atoms with E-state index in [4.69, 9.17) is 4.74 Å². The lowest BCUT2D eigenvalue weighted by Gasteiger charge is -2.32. The van der Waals surface area contributed by atoms with Gasteiger partial charge in [0, 0.05) is 13.5 Å². The maximum Gasteiger partial charge on any atom is 0.216 e. The van der Waals surface area contributed by atoms with E-state index < -0.39 is 0 Å². The van der Waals surface area contributed by atoms with Crippen molar-refractivity contribution in [1.29, 1.82) is 0 Å². The molecular formula is C19H29NO2. The van der Waals surface area contributed by atoms with Crippen LogP contribution in [0.3, 0.4) is 0 Å². The Morgan fingerprint density at radius 3 is 2.82 bits per heavy atom. The standard InChI is InChI=1S/C19H29NO2/c1-3-4-5-6-9-17-14-16(12-13-20-15(2)21)18-10-7-8-11-19(18)22-17/h7-8,10-11,16-17H,3-6,9,12-14H2,1-2H3,(H,20,21). The molecule has 1 aromatic rings. The van der Waals surface area contributed by atoms with Gasteiger partial charge in [0.05, 0.1) is 6.10 Å². The third-order valence-electron chi connectivity index (χ3n) is 4.45. The van der Waals surface area contributed by atoms with Crippen LogP contribution in [0.15, 0.2) is 24.3 Å². The molecule has 3 nitrogen and oxygen atoms in total. The highest BCUT2D eigenvalue weighted by Crippen LogP contribution is 2.39. The molecule has 2 atom stereocenters. The number of carbonyl (C=O) groups is 1. The molecule has 0 saturated heterocycles. The molecular weight excluding hydrogens is 274 g/mol. The SMILES string of the molecule is CCCCCCC1CC(CCNC(C)=O)c2ccccc2O1. The third kappa shape index (κ3) is 5.04. The van der Waals surface area contributed by atoms with Crippen LogP contribution in [0.1, 0.15) is 70.3 Å². The normalized spacial score (nSPS) is 20.1. The van der Waals surface area contributed by atoms with Crippen molar-refractivity contribution in [3.63, 3.8) is 0 Å². The first-order valence-electron chi connectivity index (χ1n) is 8.70. The number of rotatable bonds is 8. The molecule has 0 aromatic heterocycles. The Morgan fingerprint density at radius 2 is 2.05 bits per heavy atom. The van der Waals surface area contributed by atoms with Crippen LogP contribution in [0.2, 0.25) is 0 Å². The summed E-state index contributed by atoms with van der Waals surface area (Å²) in [4.78, 5) is 11.1. The van der Waals surface area contributed by atoms with Crippen LogP contribution in [0, 0.1) is 0 Å². The van der Waals surface area contributed by atoms with Crippen molar-refractivity contribution in [3.8, 4) is 5.75 Å². The first-order valence-corrected chi connectivity index (χ1v) is 8.70. The van der Waals surface area contributed by atoms with Crippen LogP contribution in [0.25, 0.3) is 0 Å². The zero-order chi connectivity index (χ0) is 15.8. The average molecular weight is 303 g/mol. The second-order valence-electron chi connectivity index (χ2n) is 6.33. The first kappa shape index (κ1) is 16.9. The Kier molecular flexibility index (Phi) is 6.75. The van der Waals surface area contributed by atoms with Crippen LogP contribution in [0.4, 0.5) is 0 Å². The minimum Gasteiger partial charge on any atom is -0.490 e. The molecule has 122 valence electrons. The fourth-order valence-corrected chi connectivity index (χ4v) is 3.27. The Balaban J connectivity index is 1.93. The number of unbranched alkanes of at least 4 members (excludes halogenated alkanes) is 3. The molecule has 0 aliphatic carbocycles. The predicted molar refractivity (Wildman–Crippen MR) is 90.3 cm³/mol. The van der Waals surface area contributed by atoms with E-state index in [0.29, 0.717) is 12.0 Å². The summed E-state index contributed by atoms with van der Waals surface area (Å²) >= 11 is 0. The van der Waals surface area contributed by atoms with Gasteiger partial charge in [-0.25, -0.2) is 0 Å². The molecule has 1 aliphatic heterocycles. The number of fused-ring (bicyclic) bond motifs is 1. The van der Waals surface area contributed by atoms with Gasteiger partial charge in [0.15, 0.2) is 0 Å². The molecule has 2 rings (SSSR count). The minimum absolute atomic E-state index is 0.0523. The summed E-state index contributed by atoms with van der Waals surface area (Å²) in [6, 6.07) is 8.37. The summed E-state index contributed by atoms with van der Waals surface area (Å²) in [6.45, 7) is 4.57. The van der Waals surface area contributed by atoms with Crippen LogP contribution < -0.4 is 10.1 Å². The van der Waals surface area contributed by atoms with E-state index in [1.807, 2.05) is 6.07 Å².